The first-order chi connectivity index (χ1) is 11.3. The SMILES string of the molecule is CC[C@@H](NC(=O)[C@@H]1CCN(c2ccc(C(C)C)cc2)C1=O)C(=O)O. The first kappa shape index (κ1) is 18.0. The summed E-state index contributed by atoms with van der Waals surface area (Å²) in [6, 6.07) is 6.79. The van der Waals surface area contributed by atoms with Gasteiger partial charge < -0.3 is 15.3 Å². The van der Waals surface area contributed by atoms with Crippen LogP contribution in [0.25, 0.3) is 0 Å². The van der Waals surface area contributed by atoms with Gasteiger partial charge in [-0.25, -0.2) is 4.79 Å². The fourth-order valence-corrected chi connectivity index (χ4v) is 2.83. The maximum Gasteiger partial charge on any atom is 0.326 e. The summed E-state index contributed by atoms with van der Waals surface area (Å²) in [7, 11) is 0. The van der Waals surface area contributed by atoms with E-state index in [9.17, 15) is 14.4 Å². The van der Waals surface area contributed by atoms with Gasteiger partial charge in [-0.3, -0.25) is 9.59 Å². The molecule has 1 saturated heterocycles. The molecule has 1 aromatic rings. The molecular formula is C18H24N2O4. The molecule has 2 N–H and O–H groups in total. The highest BCUT2D eigenvalue weighted by atomic mass is 16.4. The second kappa shape index (κ2) is 7.47. The van der Waals surface area contributed by atoms with E-state index in [1.54, 1.807) is 11.8 Å². The van der Waals surface area contributed by atoms with E-state index in [4.69, 9.17) is 5.11 Å². The highest BCUT2D eigenvalue weighted by Gasteiger charge is 2.38. The lowest BCUT2D eigenvalue weighted by atomic mass is 10.0. The number of carbonyl (C=O) groups is 3. The average molecular weight is 332 g/mol. The predicted octanol–water partition coefficient (Wildman–Crippen LogP) is 2.14. The Labute approximate surface area is 141 Å². The molecule has 0 saturated carbocycles. The van der Waals surface area contributed by atoms with Crippen molar-refractivity contribution in [2.24, 2.45) is 5.92 Å². The van der Waals surface area contributed by atoms with Gasteiger partial charge in [-0.1, -0.05) is 32.9 Å². The van der Waals surface area contributed by atoms with Gasteiger partial charge in [0.15, 0.2) is 0 Å². The van der Waals surface area contributed by atoms with E-state index in [-0.39, 0.29) is 12.3 Å². The molecule has 0 unspecified atom stereocenters. The smallest absolute Gasteiger partial charge is 0.326 e. The van der Waals surface area contributed by atoms with Gasteiger partial charge in [-0.15, -0.1) is 0 Å². The Morgan fingerprint density at radius 1 is 1.29 bits per heavy atom. The molecule has 0 spiro atoms. The van der Waals surface area contributed by atoms with Crippen molar-refractivity contribution in [3.05, 3.63) is 29.8 Å². The number of aliphatic carboxylic acids is 1. The molecule has 1 aliphatic heterocycles. The molecule has 6 heteroatoms. The van der Waals surface area contributed by atoms with Gasteiger partial charge in [0.2, 0.25) is 11.8 Å². The van der Waals surface area contributed by atoms with Crippen molar-refractivity contribution >= 4 is 23.5 Å². The van der Waals surface area contributed by atoms with Crippen molar-refractivity contribution in [3.8, 4) is 0 Å². The molecule has 6 nitrogen and oxygen atoms in total. The van der Waals surface area contributed by atoms with Crippen LogP contribution in [0, 0.1) is 5.92 Å². The molecule has 0 bridgehead atoms. The third kappa shape index (κ3) is 3.75. The lowest BCUT2D eigenvalue weighted by Crippen LogP contribution is -2.45. The third-order valence-electron chi connectivity index (χ3n) is 4.42. The van der Waals surface area contributed by atoms with Crippen LogP contribution in [-0.2, 0) is 14.4 Å². The number of anilines is 1. The summed E-state index contributed by atoms with van der Waals surface area (Å²) in [5.41, 5.74) is 1.96. The molecule has 0 radical (unpaired) electrons. The second-order valence-corrected chi connectivity index (χ2v) is 6.39. The van der Waals surface area contributed by atoms with Gasteiger partial charge >= 0.3 is 5.97 Å². The number of hydrogen-bond donors (Lipinski definition) is 2. The molecule has 2 atom stereocenters. The summed E-state index contributed by atoms with van der Waals surface area (Å²) in [4.78, 5) is 37.4. The number of benzene rings is 1. The van der Waals surface area contributed by atoms with E-state index in [0.29, 0.717) is 18.9 Å². The summed E-state index contributed by atoms with van der Waals surface area (Å²) in [6.45, 7) is 6.34. The molecule has 1 heterocycles. The standard InChI is InChI=1S/C18H24N2O4/c1-4-15(18(23)24)19-16(21)14-9-10-20(17(14)22)13-7-5-12(6-8-13)11(2)3/h5-8,11,14-15H,4,9-10H2,1-3H3,(H,19,21)(H,23,24)/t14-,15+/m0/s1. The minimum absolute atomic E-state index is 0.273. The van der Waals surface area contributed by atoms with E-state index in [1.807, 2.05) is 24.3 Å². The number of carboxylic acids is 1. The number of amides is 2. The number of rotatable bonds is 6. The molecule has 130 valence electrons. The summed E-state index contributed by atoms with van der Waals surface area (Å²) < 4.78 is 0. The van der Waals surface area contributed by atoms with Crippen molar-refractivity contribution < 1.29 is 19.5 Å². The zero-order valence-electron chi connectivity index (χ0n) is 14.3. The van der Waals surface area contributed by atoms with Crippen LogP contribution in [0.3, 0.4) is 0 Å². The van der Waals surface area contributed by atoms with E-state index < -0.39 is 23.8 Å². The van der Waals surface area contributed by atoms with Gasteiger partial charge in [0.25, 0.3) is 0 Å². The van der Waals surface area contributed by atoms with Crippen LogP contribution in [-0.4, -0.2) is 35.5 Å². The van der Waals surface area contributed by atoms with Crippen LogP contribution < -0.4 is 10.2 Å². The van der Waals surface area contributed by atoms with Crippen molar-refractivity contribution in [1.82, 2.24) is 5.32 Å². The quantitative estimate of drug-likeness (QED) is 0.782. The van der Waals surface area contributed by atoms with Crippen molar-refractivity contribution in [1.29, 1.82) is 0 Å². The minimum Gasteiger partial charge on any atom is -0.480 e. The molecule has 1 aliphatic rings. The zero-order chi connectivity index (χ0) is 17.9. The Kier molecular flexibility index (Phi) is 5.59. The topological polar surface area (TPSA) is 86.7 Å². The van der Waals surface area contributed by atoms with E-state index in [1.165, 1.54) is 5.56 Å². The van der Waals surface area contributed by atoms with Crippen molar-refractivity contribution in [2.45, 2.75) is 45.6 Å². The van der Waals surface area contributed by atoms with Crippen LogP contribution in [0.2, 0.25) is 0 Å². The maximum atomic E-state index is 12.5. The first-order valence-corrected chi connectivity index (χ1v) is 8.29. The van der Waals surface area contributed by atoms with E-state index in [2.05, 4.69) is 19.2 Å². The first-order valence-electron chi connectivity index (χ1n) is 8.29. The van der Waals surface area contributed by atoms with Gasteiger partial charge in [0.05, 0.1) is 0 Å². The fourth-order valence-electron chi connectivity index (χ4n) is 2.83. The molecule has 0 aliphatic carbocycles. The van der Waals surface area contributed by atoms with Crippen molar-refractivity contribution in [3.63, 3.8) is 0 Å². The van der Waals surface area contributed by atoms with Crippen LogP contribution in [0.4, 0.5) is 5.69 Å². The number of carbonyl (C=O) groups excluding carboxylic acids is 2. The highest BCUT2D eigenvalue weighted by molar-refractivity contribution is 6.10. The monoisotopic (exact) mass is 332 g/mol. The number of nitrogens with zero attached hydrogens (tertiary/aromatic N) is 1. The van der Waals surface area contributed by atoms with Crippen LogP contribution in [0.5, 0.6) is 0 Å². The largest absolute Gasteiger partial charge is 0.480 e. The number of carboxylic acid groups (broad SMARTS) is 1. The Morgan fingerprint density at radius 2 is 1.92 bits per heavy atom. The summed E-state index contributed by atoms with van der Waals surface area (Å²) in [6.07, 6.45) is 0.676. The molecule has 1 fully saturated rings. The molecule has 2 rings (SSSR count). The Hall–Kier alpha value is -2.37. The van der Waals surface area contributed by atoms with E-state index >= 15 is 0 Å². The van der Waals surface area contributed by atoms with Crippen molar-refractivity contribution in [2.75, 3.05) is 11.4 Å². The molecule has 1 aromatic carbocycles. The normalized spacial score (nSPS) is 18.8. The summed E-state index contributed by atoms with van der Waals surface area (Å²) in [5, 5.41) is 11.5. The van der Waals surface area contributed by atoms with Gasteiger partial charge in [-0.2, -0.15) is 0 Å². The van der Waals surface area contributed by atoms with Gasteiger partial charge in [-0.05, 0) is 36.5 Å². The molecule has 24 heavy (non-hydrogen) atoms. The summed E-state index contributed by atoms with van der Waals surface area (Å²) in [5.74, 6) is -2.27. The second-order valence-electron chi connectivity index (χ2n) is 6.39. The predicted molar refractivity (Wildman–Crippen MR) is 90.8 cm³/mol. The zero-order valence-corrected chi connectivity index (χ0v) is 14.3. The lowest BCUT2D eigenvalue weighted by molar-refractivity contribution is -0.143. The van der Waals surface area contributed by atoms with Gasteiger partial charge in [0.1, 0.15) is 12.0 Å². The summed E-state index contributed by atoms with van der Waals surface area (Å²) >= 11 is 0. The number of hydrogen-bond acceptors (Lipinski definition) is 3. The third-order valence-corrected chi connectivity index (χ3v) is 4.42. The molecular weight excluding hydrogens is 308 g/mol. The minimum atomic E-state index is -1.09. The Bertz CT molecular complexity index is 624. The molecule has 0 aromatic heterocycles. The maximum absolute atomic E-state index is 12.5. The highest BCUT2D eigenvalue weighted by Crippen LogP contribution is 2.27. The Balaban J connectivity index is 2.06. The van der Waals surface area contributed by atoms with Gasteiger partial charge in [0, 0.05) is 12.2 Å². The van der Waals surface area contributed by atoms with Crippen LogP contribution >= 0.6 is 0 Å². The Morgan fingerprint density at radius 3 is 2.42 bits per heavy atom. The van der Waals surface area contributed by atoms with Crippen LogP contribution in [0.1, 0.15) is 45.1 Å². The number of nitrogens with one attached hydrogen (secondary N) is 1. The van der Waals surface area contributed by atoms with E-state index in [0.717, 1.165) is 5.69 Å². The molecule has 2 amide bonds. The average Bonchev–Trinajstić information content (AvgIpc) is 2.93. The fraction of sp³-hybridized carbons (Fsp3) is 0.500. The lowest BCUT2D eigenvalue weighted by Gasteiger charge is -2.18. The van der Waals surface area contributed by atoms with Crippen LogP contribution in [0.15, 0.2) is 24.3 Å².